The topological polar surface area (TPSA) is 46.9 Å². The number of ether oxygens (including phenoxy) is 1. The molecule has 1 aromatic heterocycles. The summed E-state index contributed by atoms with van der Waals surface area (Å²) in [5.41, 5.74) is 1.58. The van der Waals surface area contributed by atoms with Crippen molar-refractivity contribution in [2.45, 2.75) is 33.8 Å². The minimum absolute atomic E-state index is 0.0216. The highest BCUT2D eigenvalue weighted by molar-refractivity contribution is 7.22. The number of carbonyl (C=O) groups is 1. The largest absolute Gasteiger partial charge is 0.491 e. The summed E-state index contributed by atoms with van der Waals surface area (Å²) in [5, 5.41) is 0.755. The number of likely N-dealkylation sites (N-methyl/N-ethyl adjacent to an activating group) is 1. The number of carbonyl (C=O) groups excluding carboxylic acids is 1. The number of aromatic nitrogens is 1. The lowest BCUT2D eigenvalue weighted by Gasteiger charge is -2.23. The van der Waals surface area contributed by atoms with Crippen LogP contribution in [0.3, 0.4) is 0 Å². The predicted octanol–water partition coefficient (Wildman–Crippen LogP) is 3.66. The summed E-state index contributed by atoms with van der Waals surface area (Å²) < 4.78 is 6.80. The predicted molar refractivity (Wildman–Crippen MR) is 120 cm³/mol. The first kappa shape index (κ1) is 21.3. The number of nitrogens with zero attached hydrogens (tertiary/aromatic N) is 2. The van der Waals surface area contributed by atoms with Gasteiger partial charge in [-0.15, -0.1) is 0 Å². The van der Waals surface area contributed by atoms with Crippen LogP contribution in [0.2, 0.25) is 0 Å². The number of benzene rings is 2. The van der Waals surface area contributed by atoms with Crippen LogP contribution in [0.4, 0.5) is 5.13 Å². The molecular weight excluding hydrogens is 382 g/mol. The van der Waals surface area contributed by atoms with Crippen LogP contribution in [-0.4, -0.2) is 43.2 Å². The van der Waals surface area contributed by atoms with Crippen molar-refractivity contribution in [3.8, 4) is 5.75 Å². The third-order valence-corrected chi connectivity index (χ3v) is 5.98. The Balaban J connectivity index is 1.87. The van der Waals surface area contributed by atoms with Crippen LogP contribution in [0.25, 0.3) is 10.2 Å². The van der Waals surface area contributed by atoms with E-state index in [0.717, 1.165) is 40.7 Å². The van der Waals surface area contributed by atoms with Gasteiger partial charge in [-0.3, -0.25) is 9.69 Å². The second kappa shape index (κ2) is 9.85. The molecule has 0 aliphatic carbocycles. The first-order valence-corrected chi connectivity index (χ1v) is 11.1. The number of quaternary nitrogens is 1. The number of hydrogen-bond acceptors (Lipinski definition) is 4. The molecule has 0 radical (unpaired) electrons. The zero-order valence-electron chi connectivity index (χ0n) is 17.6. The van der Waals surface area contributed by atoms with Gasteiger partial charge in [-0.05, 0) is 64.1 Å². The van der Waals surface area contributed by atoms with Gasteiger partial charge in [0, 0.05) is 5.56 Å². The maximum atomic E-state index is 13.4. The highest BCUT2D eigenvalue weighted by Crippen LogP contribution is 2.29. The van der Waals surface area contributed by atoms with Crippen LogP contribution in [0.15, 0.2) is 48.5 Å². The number of amides is 1. The van der Waals surface area contributed by atoms with Crippen molar-refractivity contribution in [1.82, 2.24) is 4.98 Å². The van der Waals surface area contributed by atoms with Gasteiger partial charge in [-0.25, -0.2) is 4.98 Å². The SMILES string of the molecule is CC[NH+](CC)CCN(C(=O)c1ccc(OC(C)C)cc1)c1nc2ccccc2s1. The molecule has 3 rings (SSSR count). The Morgan fingerprint density at radius 3 is 2.41 bits per heavy atom. The summed E-state index contributed by atoms with van der Waals surface area (Å²) >= 11 is 1.57. The Kier molecular flexibility index (Phi) is 7.23. The monoisotopic (exact) mass is 412 g/mol. The summed E-state index contributed by atoms with van der Waals surface area (Å²) in [5.74, 6) is 0.752. The van der Waals surface area contributed by atoms with Gasteiger partial charge in [0.1, 0.15) is 5.75 Å². The number of para-hydroxylation sites is 1. The molecule has 0 spiro atoms. The lowest BCUT2D eigenvalue weighted by atomic mass is 10.2. The van der Waals surface area contributed by atoms with E-state index in [-0.39, 0.29) is 12.0 Å². The van der Waals surface area contributed by atoms with Crippen molar-refractivity contribution >= 4 is 32.6 Å². The smallest absolute Gasteiger partial charge is 0.260 e. The Bertz CT molecular complexity index is 900. The van der Waals surface area contributed by atoms with E-state index in [9.17, 15) is 4.79 Å². The number of anilines is 1. The summed E-state index contributed by atoms with van der Waals surface area (Å²) in [6.45, 7) is 11.9. The quantitative estimate of drug-likeness (QED) is 0.584. The number of fused-ring (bicyclic) bond motifs is 1. The molecule has 0 bridgehead atoms. The molecule has 0 fully saturated rings. The van der Waals surface area contributed by atoms with Crippen molar-refractivity contribution in [3.63, 3.8) is 0 Å². The standard InChI is InChI=1S/C23H29N3O2S/c1-5-25(6-2)15-16-26(23-24-20-9-7-8-10-21(20)29-23)22(27)18-11-13-19(14-12-18)28-17(3)4/h7-14,17H,5-6,15-16H2,1-4H3/p+1. The van der Waals surface area contributed by atoms with E-state index in [0.29, 0.717) is 12.1 Å². The van der Waals surface area contributed by atoms with Crippen LogP contribution >= 0.6 is 11.3 Å². The van der Waals surface area contributed by atoms with Crippen molar-refractivity contribution < 1.29 is 14.4 Å². The molecule has 3 aromatic rings. The Hall–Kier alpha value is -2.44. The van der Waals surface area contributed by atoms with Gasteiger partial charge in [-0.2, -0.15) is 0 Å². The van der Waals surface area contributed by atoms with E-state index in [2.05, 4.69) is 13.8 Å². The average Bonchev–Trinajstić information content (AvgIpc) is 3.15. The molecule has 1 N–H and O–H groups in total. The maximum Gasteiger partial charge on any atom is 0.260 e. The maximum absolute atomic E-state index is 13.4. The molecule has 0 unspecified atom stereocenters. The van der Waals surface area contributed by atoms with E-state index in [4.69, 9.17) is 9.72 Å². The van der Waals surface area contributed by atoms with Gasteiger partial charge in [0.2, 0.25) is 0 Å². The van der Waals surface area contributed by atoms with Gasteiger partial charge in [0.15, 0.2) is 5.13 Å². The normalized spacial score (nSPS) is 11.4. The minimum Gasteiger partial charge on any atom is -0.491 e. The van der Waals surface area contributed by atoms with Gasteiger partial charge < -0.3 is 9.64 Å². The molecule has 1 heterocycles. The van der Waals surface area contributed by atoms with Crippen LogP contribution in [-0.2, 0) is 0 Å². The van der Waals surface area contributed by atoms with Gasteiger partial charge in [0.25, 0.3) is 5.91 Å². The number of thiazole rings is 1. The fraction of sp³-hybridized carbons (Fsp3) is 0.391. The fourth-order valence-corrected chi connectivity index (χ4v) is 4.23. The highest BCUT2D eigenvalue weighted by Gasteiger charge is 2.23. The lowest BCUT2D eigenvalue weighted by molar-refractivity contribution is -0.894. The van der Waals surface area contributed by atoms with Gasteiger partial charge in [-0.1, -0.05) is 23.5 Å². The average molecular weight is 413 g/mol. The number of nitrogens with one attached hydrogen (secondary N) is 1. The summed E-state index contributed by atoms with van der Waals surface area (Å²) in [4.78, 5) is 21.4. The van der Waals surface area contributed by atoms with E-state index in [1.54, 1.807) is 11.3 Å². The van der Waals surface area contributed by atoms with E-state index in [1.165, 1.54) is 4.90 Å². The number of rotatable bonds is 9. The Morgan fingerprint density at radius 1 is 1.10 bits per heavy atom. The minimum atomic E-state index is -0.0216. The van der Waals surface area contributed by atoms with Crippen LogP contribution in [0.5, 0.6) is 5.75 Å². The molecular formula is C23H30N3O2S+. The second-order valence-electron chi connectivity index (χ2n) is 7.32. The summed E-state index contributed by atoms with van der Waals surface area (Å²) in [7, 11) is 0. The van der Waals surface area contributed by atoms with Crippen LogP contribution in [0.1, 0.15) is 38.1 Å². The molecule has 1 amide bonds. The number of hydrogen-bond donors (Lipinski definition) is 1. The molecule has 29 heavy (non-hydrogen) atoms. The van der Waals surface area contributed by atoms with Crippen LogP contribution in [0, 0.1) is 0 Å². The molecule has 0 atom stereocenters. The van der Waals surface area contributed by atoms with Crippen LogP contribution < -0.4 is 14.5 Å². The highest BCUT2D eigenvalue weighted by atomic mass is 32.1. The summed E-state index contributed by atoms with van der Waals surface area (Å²) in [6.07, 6.45) is 0.104. The molecule has 0 saturated carbocycles. The van der Waals surface area contributed by atoms with Crippen molar-refractivity contribution in [1.29, 1.82) is 0 Å². The Morgan fingerprint density at radius 2 is 1.79 bits per heavy atom. The molecule has 2 aromatic carbocycles. The van der Waals surface area contributed by atoms with E-state index >= 15 is 0 Å². The first-order valence-electron chi connectivity index (χ1n) is 10.3. The zero-order valence-corrected chi connectivity index (χ0v) is 18.5. The summed E-state index contributed by atoms with van der Waals surface area (Å²) in [6, 6.07) is 15.4. The van der Waals surface area contributed by atoms with Gasteiger partial charge >= 0.3 is 0 Å². The molecule has 0 aliphatic heterocycles. The van der Waals surface area contributed by atoms with Crippen molar-refractivity contribution in [2.75, 3.05) is 31.1 Å². The first-order chi connectivity index (χ1) is 14.0. The van der Waals surface area contributed by atoms with E-state index < -0.39 is 0 Å². The van der Waals surface area contributed by atoms with Crippen molar-refractivity contribution in [3.05, 3.63) is 54.1 Å². The lowest BCUT2D eigenvalue weighted by Crippen LogP contribution is -3.12. The van der Waals surface area contributed by atoms with Crippen molar-refractivity contribution in [2.24, 2.45) is 0 Å². The van der Waals surface area contributed by atoms with E-state index in [1.807, 2.05) is 67.3 Å². The fourth-order valence-electron chi connectivity index (χ4n) is 3.24. The molecule has 154 valence electrons. The Labute approximate surface area is 176 Å². The third kappa shape index (κ3) is 5.34. The molecule has 0 aliphatic rings. The molecule has 6 heteroatoms. The molecule has 0 saturated heterocycles. The zero-order chi connectivity index (χ0) is 20.8. The second-order valence-corrected chi connectivity index (χ2v) is 8.33. The van der Waals surface area contributed by atoms with Gasteiger partial charge in [0.05, 0.1) is 42.5 Å². The molecule has 5 nitrogen and oxygen atoms in total. The third-order valence-electron chi connectivity index (χ3n) is 4.92.